The molecule has 0 spiro atoms. The van der Waals surface area contributed by atoms with E-state index in [-0.39, 0.29) is 0 Å². The Kier molecular flexibility index (Phi) is 4.25. The third-order valence-electron chi connectivity index (χ3n) is 2.00. The van der Waals surface area contributed by atoms with Gasteiger partial charge in [-0.15, -0.1) is 0 Å². The van der Waals surface area contributed by atoms with Gasteiger partial charge >= 0.3 is 0 Å². The average Bonchev–Trinajstić information content (AvgIpc) is 2.09. The van der Waals surface area contributed by atoms with E-state index >= 15 is 0 Å². The van der Waals surface area contributed by atoms with Crippen molar-refractivity contribution in [2.75, 3.05) is 5.32 Å². The Morgan fingerprint density at radius 3 is 2.38 bits per heavy atom. The van der Waals surface area contributed by atoms with Gasteiger partial charge in [0.15, 0.2) is 0 Å². The highest BCUT2D eigenvalue weighted by atomic mass is 35.5. The van der Waals surface area contributed by atoms with Crippen LogP contribution in [0, 0.1) is 0 Å². The molecule has 1 atom stereocenters. The second-order valence-electron chi connectivity index (χ2n) is 4.13. The summed E-state index contributed by atoms with van der Waals surface area (Å²) < 4.78 is 0. The highest BCUT2D eigenvalue weighted by Gasteiger charge is 2.22. The van der Waals surface area contributed by atoms with Crippen LogP contribution >= 0.6 is 23.2 Å². The Morgan fingerprint density at radius 2 is 1.94 bits per heavy atom. The molecule has 0 amide bonds. The molecule has 0 aromatic heterocycles. The predicted molar refractivity (Wildman–Crippen MR) is 70.1 cm³/mol. The van der Waals surface area contributed by atoms with Crippen LogP contribution in [0.1, 0.15) is 20.3 Å². The molecular formula is C12H15Cl2NO. The Morgan fingerprint density at radius 1 is 1.44 bits per heavy atom. The van der Waals surface area contributed by atoms with E-state index in [4.69, 9.17) is 23.2 Å². The fourth-order valence-corrected chi connectivity index (χ4v) is 2.01. The van der Waals surface area contributed by atoms with E-state index in [1.165, 1.54) is 0 Å². The molecule has 1 rings (SSSR count). The van der Waals surface area contributed by atoms with Crippen molar-refractivity contribution in [3.05, 3.63) is 40.4 Å². The first-order valence-electron chi connectivity index (χ1n) is 4.91. The molecule has 1 aromatic carbocycles. The van der Waals surface area contributed by atoms with Crippen molar-refractivity contribution in [3.8, 4) is 0 Å². The number of halogens is 2. The summed E-state index contributed by atoms with van der Waals surface area (Å²) in [7, 11) is 0. The lowest BCUT2D eigenvalue weighted by molar-refractivity contribution is 0.0909. The maximum absolute atomic E-state index is 10.1. The standard InChI is InChI=1S/C12H15Cl2NO/c1-8(2)7-12(3,16)15-11-9(13)5-4-6-10(11)14/h4-6,15-16H,1,7H2,2-3H3. The molecule has 16 heavy (non-hydrogen) atoms. The van der Waals surface area contributed by atoms with E-state index in [2.05, 4.69) is 11.9 Å². The minimum Gasteiger partial charge on any atom is -0.371 e. The van der Waals surface area contributed by atoms with Gasteiger partial charge < -0.3 is 10.4 Å². The number of hydrogen-bond donors (Lipinski definition) is 2. The minimum absolute atomic E-state index is 0.425. The normalized spacial score (nSPS) is 14.3. The first-order valence-corrected chi connectivity index (χ1v) is 5.66. The summed E-state index contributed by atoms with van der Waals surface area (Å²) in [5, 5.41) is 14.0. The van der Waals surface area contributed by atoms with Crippen LogP contribution in [-0.2, 0) is 0 Å². The first-order chi connectivity index (χ1) is 7.32. The van der Waals surface area contributed by atoms with Crippen molar-refractivity contribution in [3.63, 3.8) is 0 Å². The summed E-state index contributed by atoms with van der Waals surface area (Å²) in [6.45, 7) is 7.27. The molecule has 88 valence electrons. The second-order valence-corrected chi connectivity index (χ2v) is 4.94. The van der Waals surface area contributed by atoms with Gasteiger partial charge in [-0.05, 0) is 26.0 Å². The van der Waals surface area contributed by atoms with Crippen molar-refractivity contribution >= 4 is 28.9 Å². The minimum atomic E-state index is -1.11. The lowest BCUT2D eigenvalue weighted by Crippen LogP contribution is -2.34. The molecule has 0 aliphatic rings. The number of nitrogens with one attached hydrogen (secondary N) is 1. The summed E-state index contributed by atoms with van der Waals surface area (Å²) in [5.74, 6) is 0. The molecule has 0 saturated carbocycles. The molecule has 0 aliphatic heterocycles. The monoisotopic (exact) mass is 259 g/mol. The molecule has 0 radical (unpaired) electrons. The zero-order valence-electron chi connectivity index (χ0n) is 9.35. The topological polar surface area (TPSA) is 32.3 Å². The molecule has 0 bridgehead atoms. The number of anilines is 1. The van der Waals surface area contributed by atoms with Gasteiger partial charge in [0.1, 0.15) is 5.72 Å². The van der Waals surface area contributed by atoms with Crippen LogP contribution in [0.2, 0.25) is 10.0 Å². The Labute approximate surface area is 106 Å². The maximum Gasteiger partial charge on any atom is 0.136 e. The molecule has 4 heteroatoms. The van der Waals surface area contributed by atoms with Gasteiger partial charge in [0, 0.05) is 6.42 Å². The fourth-order valence-electron chi connectivity index (χ4n) is 1.52. The van der Waals surface area contributed by atoms with E-state index in [0.717, 1.165) is 5.57 Å². The predicted octanol–water partition coefficient (Wildman–Crippen LogP) is 4.08. The summed E-state index contributed by atoms with van der Waals surface area (Å²) in [6.07, 6.45) is 0.425. The molecule has 1 aromatic rings. The van der Waals surface area contributed by atoms with Crippen LogP contribution in [0.15, 0.2) is 30.4 Å². The zero-order valence-corrected chi connectivity index (χ0v) is 10.9. The van der Waals surface area contributed by atoms with E-state index in [0.29, 0.717) is 22.2 Å². The second kappa shape index (κ2) is 5.09. The fraction of sp³-hybridized carbons (Fsp3) is 0.333. The molecular weight excluding hydrogens is 245 g/mol. The lowest BCUT2D eigenvalue weighted by atomic mass is 10.1. The third-order valence-corrected chi connectivity index (χ3v) is 2.63. The molecule has 0 heterocycles. The van der Waals surface area contributed by atoms with Gasteiger partial charge in [0.25, 0.3) is 0 Å². The highest BCUT2D eigenvalue weighted by molar-refractivity contribution is 6.39. The highest BCUT2D eigenvalue weighted by Crippen LogP contribution is 2.32. The van der Waals surface area contributed by atoms with Crippen LogP contribution in [0.25, 0.3) is 0 Å². The van der Waals surface area contributed by atoms with Gasteiger partial charge in [-0.1, -0.05) is 41.4 Å². The van der Waals surface area contributed by atoms with Gasteiger partial charge in [0.05, 0.1) is 15.7 Å². The van der Waals surface area contributed by atoms with E-state index in [1.54, 1.807) is 25.1 Å². The Bertz CT molecular complexity index is 382. The van der Waals surface area contributed by atoms with Crippen LogP contribution in [-0.4, -0.2) is 10.8 Å². The van der Waals surface area contributed by atoms with Gasteiger partial charge in [-0.2, -0.15) is 0 Å². The average molecular weight is 260 g/mol. The van der Waals surface area contributed by atoms with Crippen LogP contribution in [0.4, 0.5) is 5.69 Å². The maximum atomic E-state index is 10.1. The number of rotatable bonds is 4. The summed E-state index contributed by atoms with van der Waals surface area (Å²) in [5.41, 5.74) is 0.304. The van der Waals surface area contributed by atoms with Crippen molar-refractivity contribution < 1.29 is 5.11 Å². The quantitative estimate of drug-likeness (QED) is 0.631. The molecule has 2 nitrogen and oxygen atoms in total. The number of para-hydroxylation sites is 1. The van der Waals surface area contributed by atoms with Gasteiger partial charge in [-0.3, -0.25) is 0 Å². The zero-order chi connectivity index (χ0) is 12.3. The SMILES string of the molecule is C=C(C)CC(C)(O)Nc1c(Cl)cccc1Cl. The summed E-state index contributed by atoms with van der Waals surface area (Å²) >= 11 is 12.0. The Balaban J connectivity index is 2.91. The van der Waals surface area contributed by atoms with Gasteiger partial charge in [0.2, 0.25) is 0 Å². The number of benzene rings is 1. The van der Waals surface area contributed by atoms with Crippen molar-refractivity contribution in [2.45, 2.75) is 26.0 Å². The molecule has 1 unspecified atom stereocenters. The van der Waals surface area contributed by atoms with Crippen molar-refractivity contribution in [1.29, 1.82) is 0 Å². The molecule has 0 saturated heterocycles. The third kappa shape index (κ3) is 3.71. The number of hydrogen-bond acceptors (Lipinski definition) is 2. The van der Waals surface area contributed by atoms with Crippen molar-refractivity contribution in [2.24, 2.45) is 0 Å². The molecule has 0 fully saturated rings. The van der Waals surface area contributed by atoms with Crippen LogP contribution in [0.5, 0.6) is 0 Å². The van der Waals surface area contributed by atoms with E-state index in [1.807, 2.05) is 6.92 Å². The van der Waals surface area contributed by atoms with Gasteiger partial charge in [-0.25, -0.2) is 0 Å². The smallest absolute Gasteiger partial charge is 0.136 e. The van der Waals surface area contributed by atoms with Crippen LogP contribution < -0.4 is 5.32 Å². The summed E-state index contributed by atoms with van der Waals surface area (Å²) in [4.78, 5) is 0. The first kappa shape index (κ1) is 13.4. The number of aliphatic hydroxyl groups is 1. The van der Waals surface area contributed by atoms with E-state index in [9.17, 15) is 5.11 Å². The van der Waals surface area contributed by atoms with Crippen LogP contribution in [0.3, 0.4) is 0 Å². The Hall–Kier alpha value is -0.700. The largest absolute Gasteiger partial charge is 0.371 e. The van der Waals surface area contributed by atoms with E-state index < -0.39 is 5.72 Å². The summed E-state index contributed by atoms with van der Waals surface area (Å²) in [6, 6.07) is 5.18. The molecule has 0 aliphatic carbocycles. The lowest BCUT2D eigenvalue weighted by Gasteiger charge is -2.27. The molecule has 2 N–H and O–H groups in total. The van der Waals surface area contributed by atoms with Crippen molar-refractivity contribution in [1.82, 2.24) is 0 Å².